The van der Waals surface area contributed by atoms with Crippen molar-refractivity contribution in [3.05, 3.63) is 30.1 Å². The van der Waals surface area contributed by atoms with Crippen LogP contribution in [0.5, 0.6) is 0 Å². The van der Waals surface area contributed by atoms with Crippen molar-refractivity contribution in [2.75, 3.05) is 7.05 Å². The van der Waals surface area contributed by atoms with Crippen LogP contribution < -0.4 is 5.32 Å². The van der Waals surface area contributed by atoms with Gasteiger partial charge in [-0.15, -0.1) is 0 Å². The molecule has 1 atom stereocenters. The fourth-order valence-electron chi connectivity index (χ4n) is 3.17. The summed E-state index contributed by atoms with van der Waals surface area (Å²) < 4.78 is 0. The van der Waals surface area contributed by atoms with Gasteiger partial charge in [-0.2, -0.15) is 0 Å². The van der Waals surface area contributed by atoms with Crippen LogP contribution in [0.25, 0.3) is 0 Å². The fourth-order valence-corrected chi connectivity index (χ4v) is 3.17. The largest absolute Gasteiger partial charge is 0.316 e. The van der Waals surface area contributed by atoms with Gasteiger partial charge in [-0.05, 0) is 49.9 Å². The van der Waals surface area contributed by atoms with Gasteiger partial charge in [0.05, 0.1) is 0 Å². The van der Waals surface area contributed by atoms with Crippen molar-refractivity contribution in [3.8, 4) is 0 Å². The average molecular weight is 246 g/mol. The smallest absolute Gasteiger partial charge is 0.0270 e. The van der Waals surface area contributed by atoms with Crippen LogP contribution in [-0.2, 0) is 6.42 Å². The minimum Gasteiger partial charge on any atom is -0.316 e. The number of aromatic nitrogens is 1. The second-order valence-electron chi connectivity index (χ2n) is 5.56. The summed E-state index contributed by atoms with van der Waals surface area (Å²) in [6.07, 6.45) is 14.9. The Morgan fingerprint density at radius 3 is 2.33 bits per heavy atom. The second kappa shape index (κ2) is 7.52. The molecule has 1 N–H and O–H groups in total. The number of pyridine rings is 1. The first-order chi connectivity index (χ1) is 8.90. The van der Waals surface area contributed by atoms with E-state index in [-0.39, 0.29) is 0 Å². The van der Waals surface area contributed by atoms with Gasteiger partial charge in [0.1, 0.15) is 0 Å². The molecule has 1 unspecified atom stereocenters. The van der Waals surface area contributed by atoms with E-state index in [1.165, 1.54) is 50.5 Å². The number of likely N-dealkylation sites (N-methyl/N-ethyl adjacent to an activating group) is 1. The molecule has 18 heavy (non-hydrogen) atoms. The monoisotopic (exact) mass is 246 g/mol. The van der Waals surface area contributed by atoms with Crippen LogP contribution in [0, 0.1) is 5.92 Å². The predicted octanol–water partition coefficient (Wildman–Crippen LogP) is 3.57. The lowest BCUT2D eigenvalue weighted by Crippen LogP contribution is -2.36. The first kappa shape index (κ1) is 13.5. The summed E-state index contributed by atoms with van der Waals surface area (Å²) in [6.45, 7) is 0. The molecule has 2 nitrogen and oxygen atoms in total. The summed E-state index contributed by atoms with van der Waals surface area (Å²) in [7, 11) is 2.12. The van der Waals surface area contributed by atoms with Crippen molar-refractivity contribution in [2.45, 2.75) is 57.4 Å². The maximum Gasteiger partial charge on any atom is 0.0270 e. The minimum absolute atomic E-state index is 0.630. The number of nitrogens with zero attached hydrogens (tertiary/aromatic N) is 1. The highest BCUT2D eigenvalue weighted by Gasteiger charge is 2.20. The molecule has 1 fully saturated rings. The molecule has 1 aromatic heterocycles. The number of rotatable bonds is 4. The third-order valence-corrected chi connectivity index (χ3v) is 4.29. The third-order valence-electron chi connectivity index (χ3n) is 4.29. The van der Waals surface area contributed by atoms with E-state index in [0.29, 0.717) is 6.04 Å². The van der Waals surface area contributed by atoms with E-state index in [0.717, 1.165) is 12.3 Å². The van der Waals surface area contributed by atoms with Gasteiger partial charge in [-0.1, -0.05) is 32.1 Å². The number of hydrogen-bond acceptors (Lipinski definition) is 2. The lowest BCUT2D eigenvalue weighted by Gasteiger charge is -2.28. The van der Waals surface area contributed by atoms with Crippen molar-refractivity contribution >= 4 is 0 Å². The lowest BCUT2D eigenvalue weighted by molar-refractivity contribution is 0.294. The zero-order valence-electron chi connectivity index (χ0n) is 11.6. The summed E-state index contributed by atoms with van der Waals surface area (Å²) in [5.41, 5.74) is 1.41. The van der Waals surface area contributed by atoms with Crippen LogP contribution >= 0.6 is 0 Å². The van der Waals surface area contributed by atoms with E-state index in [1.54, 1.807) is 0 Å². The Kier molecular flexibility index (Phi) is 5.66. The van der Waals surface area contributed by atoms with Gasteiger partial charge in [0.2, 0.25) is 0 Å². The third kappa shape index (κ3) is 4.09. The van der Waals surface area contributed by atoms with E-state index in [2.05, 4.69) is 29.5 Å². The van der Waals surface area contributed by atoms with Gasteiger partial charge in [-0.3, -0.25) is 4.98 Å². The van der Waals surface area contributed by atoms with Crippen LogP contribution in [-0.4, -0.2) is 18.1 Å². The Hall–Kier alpha value is -0.890. The van der Waals surface area contributed by atoms with Gasteiger partial charge < -0.3 is 5.32 Å². The predicted molar refractivity (Wildman–Crippen MR) is 76.6 cm³/mol. The summed E-state index contributed by atoms with van der Waals surface area (Å²) >= 11 is 0. The summed E-state index contributed by atoms with van der Waals surface area (Å²) in [5.74, 6) is 0.850. The molecule has 0 bridgehead atoms. The van der Waals surface area contributed by atoms with Gasteiger partial charge in [0.15, 0.2) is 0 Å². The molecule has 100 valence electrons. The molecule has 2 heteroatoms. The SMILES string of the molecule is CNC(Cc1ccncc1)C1CCCCCCC1. The molecule has 0 saturated heterocycles. The van der Waals surface area contributed by atoms with E-state index in [1.807, 2.05) is 12.4 Å². The summed E-state index contributed by atoms with van der Waals surface area (Å²) in [4.78, 5) is 4.10. The Morgan fingerprint density at radius 2 is 1.72 bits per heavy atom. The van der Waals surface area contributed by atoms with Crippen LogP contribution in [0.3, 0.4) is 0 Å². The normalized spacial score (nSPS) is 20.1. The molecule has 2 rings (SSSR count). The molecule has 1 saturated carbocycles. The average Bonchev–Trinajstić information content (AvgIpc) is 2.37. The van der Waals surface area contributed by atoms with Gasteiger partial charge >= 0.3 is 0 Å². The first-order valence-corrected chi connectivity index (χ1v) is 7.46. The van der Waals surface area contributed by atoms with Crippen LogP contribution in [0.1, 0.15) is 50.5 Å². The highest BCUT2D eigenvalue weighted by atomic mass is 14.9. The molecule has 0 radical (unpaired) electrons. The molecule has 0 spiro atoms. The second-order valence-corrected chi connectivity index (χ2v) is 5.56. The Bertz CT molecular complexity index is 315. The Morgan fingerprint density at radius 1 is 1.11 bits per heavy atom. The molecule has 0 amide bonds. The molecule has 0 aliphatic heterocycles. The zero-order chi connectivity index (χ0) is 12.6. The van der Waals surface area contributed by atoms with Crippen LogP contribution in [0.2, 0.25) is 0 Å². The first-order valence-electron chi connectivity index (χ1n) is 7.46. The fraction of sp³-hybridized carbons (Fsp3) is 0.688. The molecule has 1 heterocycles. The summed E-state index contributed by atoms with van der Waals surface area (Å²) in [5, 5.41) is 3.55. The standard InChI is InChI=1S/C16H26N2/c1-17-16(13-14-9-11-18-12-10-14)15-7-5-3-2-4-6-8-15/h9-12,15-17H,2-8,13H2,1H3. The molecular weight excluding hydrogens is 220 g/mol. The maximum absolute atomic E-state index is 4.10. The number of hydrogen-bond donors (Lipinski definition) is 1. The topological polar surface area (TPSA) is 24.9 Å². The van der Waals surface area contributed by atoms with Crippen molar-refractivity contribution in [1.82, 2.24) is 10.3 Å². The van der Waals surface area contributed by atoms with E-state index in [4.69, 9.17) is 0 Å². The van der Waals surface area contributed by atoms with Crippen molar-refractivity contribution in [1.29, 1.82) is 0 Å². The zero-order valence-corrected chi connectivity index (χ0v) is 11.6. The van der Waals surface area contributed by atoms with E-state index < -0.39 is 0 Å². The highest BCUT2D eigenvalue weighted by Crippen LogP contribution is 2.26. The van der Waals surface area contributed by atoms with Crippen molar-refractivity contribution in [2.24, 2.45) is 5.92 Å². The van der Waals surface area contributed by atoms with Gasteiger partial charge in [0, 0.05) is 18.4 Å². The summed E-state index contributed by atoms with van der Waals surface area (Å²) in [6, 6.07) is 4.92. The molecule has 1 aliphatic carbocycles. The van der Waals surface area contributed by atoms with Crippen LogP contribution in [0.4, 0.5) is 0 Å². The quantitative estimate of drug-likeness (QED) is 0.878. The Balaban J connectivity index is 1.93. The Labute approximate surface area is 111 Å². The maximum atomic E-state index is 4.10. The van der Waals surface area contributed by atoms with Crippen molar-refractivity contribution < 1.29 is 0 Å². The van der Waals surface area contributed by atoms with E-state index in [9.17, 15) is 0 Å². The van der Waals surface area contributed by atoms with Gasteiger partial charge in [-0.25, -0.2) is 0 Å². The van der Waals surface area contributed by atoms with Gasteiger partial charge in [0.25, 0.3) is 0 Å². The van der Waals surface area contributed by atoms with Crippen LogP contribution in [0.15, 0.2) is 24.5 Å². The van der Waals surface area contributed by atoms with E-state index >= 15 is 0 Å². The molecule has 1 aliphatic rings. The number of nitrogens with one attached hydrogen (secondary N) is 1. The molecule has 0 aromatic carbocycles. The molecule has 1 aromatic rings. The highest BCUT2D eigenvalue weighted by molar-refractivity contribution is 5.11. The minimum atomic E-state index is 0.630. The lowest BCUT2D eigenvalue weighted by atomic mass is 9.83. The van der Waals surface area contributed by atoms with Crippen molar-refractivity contribution in [3.63, 3.8) is 0 Å². The molecular formula is C16H26N2.